The highest BCUT2D eigenvalue weighted by Crippen LogP contribution is 2.13. The second-order valence-electron chi connectivity index (χ2n) is 4.53. The van der Waals surface area contributed by atoms with Gasteiger partial charge in [0.25, 0.3) is 0 Å². The molecule has 1 aromatic heterocycles. The Morgan fingerprint density at radius 2 is 2.24 bits per heavy atom. The van der Waals surface area contributed by atoms with Crippen LogP contribution in [0.4, 0.5) is 0 Å². The molecule has 0 bridgehead atoms. The van der Waals surface area contributed by atoms with Crippen LogP contribution in [0.2, 0.25) is 0 Å². The Labute approximate surface area is 111 Å². The zero-order chi connectivity index (χ0) is 12.7. The molecule has 0 fully saturated rings. The van der Waals surface area contributed by atoms with Gasteiger partial charge < -0.3 is 5.32 Å². The summed E-state index contributed by atoms with van der Waals surface area (Å²) in [5.74, 6) is 0.774. The number of halogens is 1. The lowest BCUT2D eigenvalue weighted by Gasteiger charge is -2.20. The summed E-state index contributed by atoms with van der Waals surface area (Å²) >= 11 is 7.02. The lowest BCUT2D eigenvalue weighted by molar-refractivity contribution is 0.396. The fraction of sp³-hybridized carbons (Fsp3) is 0.700. The highest BCUT2D eigenvalue weighted by Gasteiger charge is 2.10. The molecule has 0 saturated heterocycles. The average Bonchev–Trinajstić information content (AvgIpc) is 2.64. The van der Waals surface area contributed by atoms with Crippen LogP contribution < -0.4 is 5.32 Å². The highest BCUT2D eigenvalue weighted by molar-refractivity contribution is 7.99. The fourth-order valence-electron chi connectivity index (χ4n) is 1.14. The SMILES string of the molecule is CC(C)(C)NCCn1nnnc1SCC=CCl. The molecule has 0 spiro atoms. The molecular formula is C10H18ClN5S. The quantitative estimate of drug-likeness (QED) is 0.804. The third kappa shape index (κ3) is 6.05. The zero-order valence-corrected chi connectivity index (χ0v) is 11.9. The molecular weight excluding hydrogens is 258 g/mol. The maximum atomic E-state index is 5.45. The van der Waals surface area contributed by atoms with Gasteiger partial charge in [-0.2, -0.15) is 0 Å². The molecule has 1 rings (SSSR count). The van der Waals surface area contributed by atoms with Crippen molar-refractivity contribution in [2.45, 2.75) is 38.0 Å². The number of hydrogen-bond donors (Lipinski definition) is 1. The molecule has 5 nitrogen and oxygen atoms in total. The van der Waals surface area contributed by atoms with Crippen LogP contribution in [-0.2, 0) is 6.54 Å². The summed E-state index contributed by atoms with van der Waals surface area (Å²) in [4.78, 5) is 0. The van der Waals surface area contributed by atoms with Crippen molar-refractivity contribution in [3.63, 3.8) is 0 Å². The number of nitrogens with zero attached hydrogens (tertiary/aromatic N) is 4. The first-order valence-corrected chi connectivity index (χ1v) is 6.84. The first-order chi connectivity index (χ1) is 8.03. The van der Waals surface area contributed by atoms with Crippen molar-refractivity contribution < 1.29 is 0 Å². The molecule has 7 heteroatoms. The smallest absolute Gasteiger partial charge is 0.209 e. The van der Waals surface area contributed by atoms with E-state index in [1.165, 1.54) is 5.54 Å². The Balaban J connectivity index is 2.40. The van der Waals surface area contributed by atoms with Crippen LogP contribution in [0.25, 0.3) is 0 Å². The Kier molecular flexibility index (Phi) is 5.94. The van der Waals surface area contributed by atoms with Crippen molar-refractivity contribution in [1.82, 2.24) is 25.5 Å². The average molecular weight is 276 g/mol. The number of thioether (sulfide) groups is 1. The van der Waals surface area contributed by atoms with Crippen molar-refractivity contribution in [2.75, 3.05) is 12.3 Å². The van der Waals surface area contributed by atoms with Gasteiger partial charge in [0.1, 0.15) is 0 Å². The van der Waals surface area contributed by atoms with Crippen molar-refractivity contribution in [1.29, 1.82) is 0 Å². The Bertz CT molecular complexity index is 358. The van der Waals surface area contributed by atoms with Crippen LogP contribution >= 0.6 is 23.4 Å². The van der Waals surface area contributed by atoms with Gasteiger partial charge in [-0.1, -0.05) is 29.4 Å². The third-order valence-corrected chi connectivity index (χ3v) is 2.96. The number of aromatic nitrogens is 4. The molecule has 0 unspecified atom stereocenters. The van der Waals surface area contributed by atoms with E-state index in [2.05, 4.69) is 41.6 Å². The molecule has 0 saturated carbocycles. The second kappa shape index (κ2) is 6.98. The van der Waals surface area contributed by atoms with E-state index in [9.17, 15) is 0 Å². The predicted molar refractivity (Wildman–Crippen MR) is 71.3 cm³/mol. The summed E-state index contributed by atoms with van der Waals surface area (Å²) in [5, 5.41) is 15.8. The molecule has 1 N–H and O–H groups in total. The number of nitrogens with one attached hydrogen (secondary N) is 1. The summed E-state index contributed by atoms with van der Waals surface area (Å²) in [6.45, 7) is 8.00. The van der Waals surface area contributed by atoms with E-state index in [4.69, 9.17) is 11.6 Å². The molecule has 0 aliphatic carbocycles. The summed E-state index contributed by atoms with van der Waals surface area (Å²) in [5.41, 5.74) is 1.62. The van der Waals surface area contributed by atoms with Crippen molar-refractivity contribution in [3.8, 4) is 0 Å². The molecule has 0 aromatic carbocycles. The van der Waals surface area contributed by atoms with Gasteiger partial charge in [-0.25, -0.2) is 4.68 Å². The van der Waals surface area contributed by atoms with E-state index < -0.39 is 0 Å². The number of hydrogen-bond acceptors (Lipinski definition) is 5. The maximum absolute atomic E-state index is 5.45. The van der Waals surface area contributed by atoms with Crippen LogP contribution in [0, 0.1) is 0 Å². The fourth-order valence-corrected chi connectivity index (χ4v) is 2.04. The van der Waals surface area contributed by atoms with Gasteiger partial charge in [0.2, 0.25) is 5.16 Å². The molecule has 0 atom stereocenters. The summed E-state index contributed by atoms with van der Waals surface area (Å²) in [6, 6.07) is 0. The Morgan fingerprint density at radius 3 is 2.88 bits per heavy atom. The molecule has 0 aliphatic heterocycles. The van der Waals surface area contributed by atoms with Crippen molar-refractivity contribution in [2.24, 2.45) is 0 Å². The van der Waals surface area contributed by atoms with Crippen molar-refractivity contribution >= 4 is 23.4 Å². The largest absolute Gasteiger partial charge is 0.310 e. The monoisotopic (exact) mass is 275 g/mol. The van der Waals surface area contributed by atoms with E-state index in [1.807, 2.05) is 6.08 Å². The minimum atomic E-state index is 0.114. The summed E-state index contributed by atoms with van der Waals surface area (Å²) in [7, 11) is 0. The normalized spacial score (nSPS) is 12.5. The van der Waals surface area contributed by atoms with E-state index in [-0.39, 0.29) is 5.54 Å². The predicted octanol–water partition coefficient (Wildman–Crippen LogP) is 1.91. The number of rotatable bonds is 6. The van der Waals surface area contributed by atoms with Crippen LogP contribution in [0.5, 0.6) is 0 Å². The first-order valence-electron chi connectivity index (χ1n) is 5.42. The molecule has 1 heterocycles. The van der Waals surface area contributed by atoms with Crippen molar-refractivity contribution in [3.05, 3.63) is 11.6 Å². The van der Waals surface area contributed by atoms with Crippen LogP contribution in [0.1, 0.15) is 20.8 Å². The third-order valence-electron chi connectivity index (χ3n) is 1.88. The molecule has 96 valence electrons. The van der Waals surface area contributed by atoms with E-state index in [0.717, 1.165) is 24.0 Å². The first kappa shape index (κ1) is 14.5. The van der Waals surface area contributed by atoms with Gasteiger partial charge in [0.15, 0.2) is 0 Å². The van der Waals surface area contributed by atoms with Crippen LogP contribution in [0.15, 0.2) is 16.8 Å². The minimum absolute atomic E-state index is 0.114. The molecule has 0 amide bonds. The lowest BCUT2D eigenvalue weighted by atomic mass is 10.1. The van der Waals surface area contributed by atoms with Gasteiger partial charge in [-0.05, 0) is 31.2 Å². The lowest BCUT2D eigenvalue weighted by Crippen LogP contribution is -2.38. The standard InChI is InChI=1S/C10H18ClN5S/c1-10(2,3)12-6-7-16-9(13-14-15-16)17-8-4-5-11/h4-5,12H,6-8H2,1-3H3. The molecule has 17 heavy (non-hydrogen) atoms. The summed E-state index contributed by atoms with van der Waals surface area (Å²) in [6.07, 6.45) is 1.86. The van der Waals surface area contributed by atoms with Gasteiger partial charge in [-0.3, -0.25) is 0 Å². The van der Waals surface area contributed by atoms with E-state index in [1.54, 1.807) is 16.4 Å². The topological polar surface area (TPSA) is 55.6 Å². The molecule has 1 aromatic rings. The van der Waals surface area contributed by atoms with Gasteiger partial charge in [0.05, 0.1) is 6.54 Å². The van der Waals surface area contributed by atoms with Crippen LogP contribution in [-0.4, -0.2) is 38.0 Å². The second-order valence-corrected chi connectivity index (χ2v) is 5.77. The molecule has 0 radical (unpaired) electrons. The zero-order valence-electron chi connectivity index (χ0n) is 10.4. The van der Waals surface area contributed by atoms with Gasteiger partial charge >= 0.3 is 0 Å². The minimum Gasteiger partial charge on any atom is -0.310 e. The van der Waals surface area contributed by atoms with E-state index >= 15 is 0 Å². The van der Waals surface area contributed by atoms with Gasteiger partial charge in [-0.15, -0.1) is 5.10 Å². The Hall–Kier alpha value is -0.590. The molecule has 0 aliphatic rings. The maximum Gasteiger partial charge on any atom is 0.209 e. The van der Waals surface area contributed by atoms with Gasteiger partial charge in [0, 0.05) is 23.4 Å². The van der Waals surface area contributed by atoms with Crippen LogP contribution in [0.3, 0.4) is 0 Å². The Morgan fingerprint density at radius 1 is 1.47 bits per heavy atom. The summed E-state index contributed by atoms with van der Waals surface area (Å²) < 4.78 is 1.80. The highest BCUT2D eigenvalue weighted by atomic mass is 35.5. The number of tetrazole rings is 1. The van der Waals surface area contributed by atoms with E-state index in [0.29, 0.717) is 0 Å².